The number of aryl methyl sites for hydroxylation is 1. The van der Waals surface area contributed by atoms with Gasteiger partial charge < -0.3 is 24.5 Å². The number of nitrogens with one attached hydrogen (secondary N) is 2. The van der Waals surface area contributed by atoms with E-state index in [1.807, 2.05) is 0 Å². The molecule has 0 radical (unpaired) electrons. The van der Waals surface area contributed by atoms with E-state index in [1.165, 1.54) is 32.8 Å². The number of methoxy groups -OCH3 is 2. The fourth-order valence-electron chi connectivity index (χ4n) is 3.56. The molecule has 2 N–H and O–H groups in total. The van der Waals surface area contributed by atoms with Gasteiger partial charge in [0.05, 0.1) is 13.7 Å². The third kappa shape index (κ3) is 5.24. The number of rotatable bonds is 8. The molecule has 146 valence electrons. The zero-order chi connectivity index (χ0) is 19.0. The van der Waals surface area contributed by atoms with Gasteiger partial charge in [-0.25, -0.2) is 4.79 Å². The average molecular weight is 365 g/mol. The van der Waals surface area contributed by atoms with E-state index in [-0.39, 0.29) is 11.4 Å². The van der Waals surface area contributed by atoms with Gasteiger partial charge in [-0.05, 0) is 37.7 Å². The summed E-state index contributed by atoms with van der Waals surface area (Å²) in [6.07, 6.45) is 6.06. The van der Waals surface area contributed by atoms with Crippen LogP contribution in [0, 0.1) is 12.3 Å². The minimum absolute atomic E-state index is 0.285. The molecule has 1 heterocycles. The van der Waals surface area contributed by atoms with Crippen molar-refractivity contribution in [3.8, 4) is 0 Å². The van der Waals surface area contributed by atoms with Crippen molar-refractivity contribution in [2.24, 2.45) is 10.4 Å². The molecular weight excluding hydrogens is 334 g/mol. The standard InChI is InChI=1S/C19H31N3O4/c1-14-16(17(23)25-4)11-15(26-14)12-21-18(20-2)22-13-19(9-10-24-3)7-5-6-8-19/h11H,5-10,12-13H2,1-4H3,(H2,20,21,22). The van der Waals surface area contributed by atoms with Gasteiger partial charge in [0, 0.05) is 27.3 Å². The van der Waals surface area contributed by atoms with E-state index in [9.17, 15) is 4.79 Å². The van der Waals surface area contributed by atoms with Crippen LogP contribution in [0.4, 0.5) is 0 Å². The van der Waals surface area contributed by atoms with E-state index in [2.05, 4.69) is 15.6 Å². The summed E-state index contributed by atoms with van der Waals surface area (Å²) in [5.41, 5.74) is 0.740. The fourth-order valence-corrected chi connectivity index (χ4v) is 3.56. The first-order chi connectivity index (χ1) is 12.5. The number of furan rings is 1. The molecule has 2 rings (SSSR count). The molecule has 1 aliphatic rings. The van der Waals surface area contributed by atoms with Gasteiger partial charge >= 0.3 is 5.97 Å². The topological polar surface area (TPSA) is 85.1 Å². The van der Waals surface area contributed by atoms with Crippen LogP contribution < -0.4 is 10.6 Å². The number of nitrogens with zero attached hydrogens (tertiary/aromatic N) is 1. The molecule has 1 fully saturated rings. The second-order valence-corrected chi connectivity index (χ2v) is 6.90. The predicted molar refractivity (Wildman–Crippen MR) is 100 cm³/mol. The second kappa shape index (κ2) is 9.62. The number of aliphatic imine (C=N–C) groups is 1. The van der Waals surface area contributed by atoms with Gasteiger partial charge in [-0.1, -0.05) is 12.8 Å². The lowest BCUT2D eigenvalue weighted by molar-refractivity contribution is 0.0599. The first-order valence-electron chi connectivity index (χ1n) is 9.14. The smallest absolute Gasteiger partial charge is 0.341 e. The van der Waals surface area contributed by atoms with Crippen molar-refractivity contribution in [3.63, 3.8) is 0 Å². The molecule has 0 spiro atoms. The minimum atomic E-state index is -0.388. The molecule has 1 aromatic heterocycles. The van der Waals surface area contributed by atoms with Crippen LogP contribution in [0.15, 0.2) is 15.5 Å². The number of carbonyl (C=O) groups is 1. The maximum Gasteiger partial charge on any atom is 0.341 e. The van der Waals surface area contributed by atoms with Gasteiger partial charge in [-0.2, -0.15) is 0 Å². The predicted octanol–water partition coefficient (Wildman–Crippen LogP) is 2.64. The number of hydrogen-bond acceptors (Lipinski definition) is 5. The first-order valence-corrected chi connectivity index (χ1v) is 9.14. The van der Waals surface area contributed by atoms with Crippen LogP contribution in [0.5, 0.6) is 0 Å². The Labute approximate surface area is 155 Å². The lowest BCUT2D eigenvalue weighted by Crippen LogP contribution is -2.43. The Morgan fingerprint density at radius 2 is 2.04 bits per heavy atom. The SMILES string of the molecule is CN=C(NCc1cc(C(=O)OC)c(C)o1)NCC1(CCOC)CCCC1. The van der Waals surface area contributed by atoms with E-state index in [1.54, 1.807) is 27.1 Å². The fraction of sp³-hybridized carbons (Fsp3) is 0.684. The summed E-state index contributed by atoms with van der Waals surface area (Å²) in [6.45, 7) is 3.86. The second-order valence-electron chi connectivity index (χ2n) is 6.90. The van der Waals surface area contributed by atoms with E-state index in [4.69, 9.17) is 13.9 Å². The van der Waals surface area contributed by atoms with E-state index in [0.29, 0.717) is 23.6 Å². The highest BCUT2D eigenvalue weighted by molar-refractivity contribution is 5.90. The van der Waals surface area contributed by atoms with Crippen molar-refractivity contribution in [1.29, 1.82) is 0 Å². The molecule has 0 bridgehead atoms. The monoisotopic (exact) mass is 365 g/mol. The Morgan fingerprint density at radius 1 is 1.31 bits per heavy atom. The molecule has 1 aromatic rings. The Hall–Kier alpha value is -2.02. The van der Waals surface area contributed by atoms with Gasteiger partial charge in [-0.15, -0.1) is 0 Å². The van der Waals surface area contributed by atoms with E-state index in [0.717, 1.165) is 25.5 Å². The lowest BCUT2D eigenvalue weighted by atomic mass is 9.83. The molecule has 7 nitrogen and oxygen atoms in total. The van der Waals surface area contributed by atoms with Crippen molar-refractivity contribution in [2.75, 3.05) is 34.4 Å². The van der Waals surface area contributed by atoms with Crippen LogP contribution >= 0.6 is 0 Å². The molecule has 26 heavy (non-hydrogen) atoms. The first kappa shape index (κ1) is 20.3. The Kier molecular flexibility index (Phi) is 7.50. The maximum absolute atomic E-state index is 11.7. The van der Waals surface area contributed by atoms with Crippen molar-refractivity contribution in [2.45, 2.75) is 45.6 Å². The molecule has 1 saturated carbocycles. The zero-order valence-corrected chi connectivity index (χ0v) is 16.3. The summed E-state index contributed by atoms with van der Waals surface area (Å²) in [6, 6.07) is 1.71. The highest BCUT2D eigenvalue weighted by Crippen LogP contribution is 2.40. The largest absolute Gasteiger partial charge is 0.465 e. The number of carbonyl (C=O) groups excluding carboxylic acids is 1. The van der Waals surface area contributed by atoms with Gasteiger partial charge in [0.2, 0.25) is 0 Å². The maximum atomic E-state index is 11.7. The van der Waals surface area contributed by atoms with Crippen LogP contribution in [0.1, 0.15) is 54.0 Å². The van der Waals surface area contributed by atoms with Crippen molar-refractivity contribution < 1.29 is 18.7 Å². The Bertz CT molecular complexity index is 618. The van der Waals surface area contributed by atoms with Crippen LogP contribution in [0.2, 0.25) is 0 Å². The van der Waals surface area contributed by atoms with Gasteiger partial charge in [0.1, 0.15) is 17.1 Å². The number of guanidine groups is 1. The molecule has 0 saturated heterocycles. The third-order valence-corrected chi connectivity index (χ3v) is 5.16. The minimum Gasteiger partial charge on any atom is -0.465 e. The molecular formula is C19H31N3O4. The molecule has 0 amide bonds. The molecule has 0 unspecified atom stereocenters. The van der Waals surface area contributed by atoms with Crippen LogP contribution in [-0.2, 0) is 16.0 Å². The van der Waals surface area contributed by atoms with Crippen LogP contribution in [0.3, 0.4) is 0 Å². The summed E-state index contributed by atoms with van der Waals surface area (Å²) in [7, 11) is 4.87. The summed E-state index contributed by atoms with van der Waals surface area (Å²) in [5.74, 6) is 1.56. The normalized spacial score (nSPS) is 16.5. The summed E-state index contributed by atoms with van der Waals surface area (Å²) < 4.78 is 15.7. The zero-order valence-electron chi connectivity index (χ0n) is 16.3. The summed E-state index contributed by atoms with van der Waals surface area (Å²) in [4.78, 5) is 16.0. The Morgan fingerprint density at radius 3 is 2.65 bits per heavy atom. The van der Waals surface area contributed by atoms with E-state index < -0.39 is 0 Å². The summed E-state index contributed by atoms with van der Waals surface area (Å²) >= 11 is 0. The van der Waals surface area contributed by atoms with Crippen molar-refractivity contribution in [3.05, 3.63) is 23.2 Å². The number of esters is 1. The number of ether oxygens (including phenoxy) is 2. The van der Waals surface area contributed by atoms with Crippen LogP contribution in [-0.4, -0.2) is 46.3 Å². The van der Waals surface area contributed by atoms with Crippen molar-refractivity contribution in [1.82, 2.24) is 10.6 Å². The van der Waals surface area contributed by atoms with Crippen molar-refractivity contribution >= 4 is 11.9 Å². The third-order valence-electron chi connectivity index (χ3n) is 5.16. The molecule has 0 atom stereocenters. The summed E-state index contributed by atoms with van der Waals surface area (Å²) in [5, 5.41) is 6.68. The Balaban J connectivity index is 1.88. The average Bonchev–Trinajstić information content (AvgIpc) is 3.26. The van der Waals surface area contributed by atoms with E-state index >= 15 is 0 Å². The highest BCUT2D eigenvalue weighted by atomic mass is 16.5. The van der Waals surface area contributed by atoms with Crippen LogP contribution in [0.25, 0.3) is 0 Å². The molecule has 7 heteroatoms. The quantitative estimate of drug-likeness (QED) is 0.418. The van der Waals surface area contributed by atoms with Gasteiger partial charge in [-0.3, -0.25) is 4.99 Å². The molecule has 1 aliphatic carbocycles. The van der Waals surface area contributed by atoms with Gasteiger partial charge in [0.15, 0.2) is 5.96 Å². The highest BCUT2D eigenvalue weighted by Gasteiger charge is 2.33. The lowest BCUT2D eigenvalue weighted by Gasteiger charge is -2.29. The van der Waals surface area contributed by atoms with Gasteiger partial charge in [0.25, 0.3) is 0 Å². The molecule has 0 aliphatic heterocycles. The number of hydrogen-bond donors (Lipinski definition) is 2. The molecule has 0 aromatic carbocycles.